The summed E-state index contributed by atoms with van der Waals surface area (Å²) in [5.41, 5.74) is 2.42. The molecular weight excluding hydrogens is 309 g/mol. The van der Waals surface area contributed by atoms with Gasteiger partial charge in [-0.15, -0.1) is 0 Å². The third-order valence-corrected chi connectivity index (χ3v) is 4.16. The van der Waals surface area contributed by atoms with Gasteiger partial charge in [-0.25, -0.2) is 0 Å². The second-order valence-electron chi connectivity index (χ2n) is 5.07. The van der Waals surface area contributed by atoms with E-state index in [9.17, 15) is 9.90 Å². The lowest BCUT2D eigenvalue weighted by atomic mass is 10.1. The summed E-state index contributed by atoms with van der Waals surface area (Å²) in [6, 6.07) is 10.0. The Morgan fingerprint density at radius 2 is 1.86 bits per heavy atom. The van der Waals surface area contributed by atoms with Gasteiger partial charge < -0.3 is 10.4 Å². The molecule has 0 radical (unpaired) electrons. The fourth-order valence-corrected chi connectivity index (χ4v) is 3.03. The van der Waals surface area contributed by atoms with Crippen molar-refractivity contribution >= 4 is 29.1 Å². The van der Waals surface area contributed by atoms with Gasteiger partial charge in [0.05, 0.1) is 11.6 Å². The first-order valence-electron chi connectivity index (χ1n) is 6.62. The molecule has 2 aromatic rings. The number of hydrogen-bond donors (Lipinski definition) is 2. The van der Waals surface area contributed by atoms with Crippen LogP contribution < -0.4 is 5.32 Å². The Hall–Kier alpha value is -1.71. The number of rotatable bonds is 2. The van der Waals surface area contributed by atoms with Crippen LogP contribution in [0.4, 0.5) is 0 Å². The van der Waals surface area contributed by atoms with Gasteiger partial charge in [-0.3, -0.25) is 4.79 Å². The van der Waals surface area contributed by atoms with Crippen molar-refractivity contribution in [2.24, 2.45) is 0 Å². The van der Waals surface area contributed by atoms with E-state index < -0.39 is 0 Å². The number of fused-ring (bicyclic) bond motifs is 1. The summed E-state index contributed by atoms with van der Waals surface area (Å²) in [6.07, 6.45) is 1.70. The Balaban J connectivity index is 1.82. The lowest BCUT2D eigenvalue weighted by Crippen LogP contribution is -2.27. The van der Waals surface area contributed by atoms with Crippen LogP contribution in [-0.4, -0.2) is 11.0 Å². The minimum atomic E-state index is -0.331. The molecule has 5 heteroatoms. The van der Waals surface area contributed by atoms with Gasteiger partial charge in [0.1, 0.15) is 5.75 Å². The molecule has 0 aromatic heterocycles. The fourth-order valence-electron chi connectivity index (χ4n) is 2.66. The standard InChI is InChI=1S/C16H13Cl2NO2/c17-10-2-4-12-9(7-10)1-5-14(12)19-16(21)13-8-11(18)3-6-15(13)20/h2-4,6-8,14,20H,1,5H2,(H,19,21). The second-order valence-corrected chi connectivity index (χ2v) is 5.94. The number of phenols is 1. The number of halogens is 2. The maximum atomic E-state index is 12.3. The van der Waals surface area contributed by atoms with Gasteiger partial charge in [-0.2, -0.15) is 0 Å². The molecule has 2 aromatic carbocycles. The molecule has 3 nitrogen and oxygen atoms in total. The first-order chi connectivity index (χ1) is 10.0. The molecular formula is C16H13Cl2NO2. The number of nitrogens with one attached hydrogen (secondary N) is 1. The minimum Gasteiger partial charge on any atom is -0.507 e. The van der Waals surface area contributed by atoms with E-state index in [4.69, 9.17) is 23.2 Å². The summed E-state index contributed by atoms with van der Waals surface area (Å²) in [6.45, 7) is 0. The molecule has 0 bridgehead atoms. The molecule has 0 aliphatic heterocycles. The molecule has 0 saturated heterocycles. The first-order valence-corrected chi connectivity index (χ1v) is 7.38. The summed E-state index contributed by atoms with van der Waals surface area (Å²) in [5, 5.41) is 13.8. The molecule has 0 heterocycles. The van der Waals surface area contributed by atoms with Crippen LogP contribution in [0.15, 0.2) is 36.4 Å². The molecule has 1 unspecified atom stereocenters. The summed E-state index contributed by atoms with van der Waals surface area (Å²) in [5.74, 6) is -0.408. The molecule has 1 atom stereocenters. The number of benzene rings is 2. The molecule has 108 valence electrons. The van der Waals surface area contributed by atoms with E-state index in [0.717, 1.165) is 24.0 Å². The van der Waals surface area contributed by atoms with Crippen LogP contribution in [0, 0.1) is 0 Å². The van der Waals surface area contributed by atoms with Crippen LogP contribution in [0.5, 0.6) is 5.75 Å². The average Bonchev–Trinajstić information content (AvgIpc) is 2.83. The van der Waals surface area contributed by atoms with Crippen molar-refractivity contribution in [1.82, 2.24) is 5.32 Å². The number of hydrogen-bond acceptors (Lipinski definition) is 2. The molecule has 21 heavy (non-hydrogen) atoms. The van der Waals surface area contributed by atoms with Crippen molar-refractivity contribution in [3.8, 4) is 5.75 Å². The molecule has 0 spiro atoms. The van der Waals surface area contributed by atoms with E-state index in [2.05, 4.69) is 5.32 Å². The Kier molecular flexibility index (Phi) is 3.79. The summed E-state index contributed by atoms with van der Waals surface area (Å²) >= 11 is 11.8. The van der Waals surface area contributed by atoms with E-state index in [-0.39, 0.29) is 23.3 Å². The highest BCUT2D eigenvalue weighted by Crippen LogP contribution is 2.33. The zero-order valence-corrected chi connectivity index (χ0v) is 12.6. The molecule has 0 fully saturated rings. The predicted octanol–water partition coefficient (Wildman–Crippen LogP) is 4.12. The monoisotopic (exact) mass is 321 g/mol. The van der Waals surface area contributed by atoms with Gasteiger partial charge in [0, 0.05) is 10.0 Å². The van der Waals surface area contributed by atoms with Crippen LogP contribution in [0.2, 0.25) is 10.0 Å². The number of carbonyl (C=O) groups is 1. The highest BCUT2D eigenvalue weighted by atomic mass is 35.5. The van der Waals surface area contributed by atoms with Gasteiger partial charge in [-0.1, -0.05) is 29.3 Å². The van der Waals surface area contributed by atoms with E-state index >= 15 is 0 Å². The van der Waals surface area contributed by atoms with Gasteiger partial charge in [0.25, 0.3) is 5.91 Å². The Labute approximate surface area is 132 Å². The van der Waals surface area contributed by atoms with Crippen molar-refractivity contribution in [2.45, 2.75) is 18.9 Å². The summed E-state index contributed by atoms with van der Waals surface area (Å²) in [4.78, 5) is 12.3. The van der Waals surface area contributed by atoms with E-state index in [1.54, 1.807) is 6.07 Å². The van der Waals surface area contributed by atoms with Crippen molar-refractivity contribution in [3.05, 3.63) is 63.1 Å². The third kappa shape index (κ3) is 2.85. The number of aryl methyl sites for hydroxylation is 1. The highest BCUT2D eigenvalue weighted by molar-refractivity contribution is 6.31. The predicted molar refractivity (Wildman–Crippen MR) is 83.1 cm³/mol. The lowest BCUT2D eigenvalue weighted by molar-refractivity contribution is 0.0934. The number of phenolic OH excluding ortho intramolecular Hbond substituents is 1. The normalized spacial score (nSPS) is 16.6. The van der Waals surface area contributed by atoms with Crippen LogP contribution in [0.1, 0.15) is 33.9 Å². The maximum absolute atomic E-state index is 12.3. The maximum Gasteiger partial charge on any atom is 0.255 e. The summed E-state index contributed by atoms with van der Waals surface area (Å²) < 4.78 is 0. The van der Waals surface area contributed by atoms with Crippen LogP contribution >= 0.6 is 23.2 Å². The topological polar surface area (TPSA) is 49.3 Å². The quantitative estimate of drug-likeness (QED) is 0.874. The average molecular weight is 322 g/mol. The van der Waals surface area contributed by atoms with Gasteiger partial charge in [0.15, 0.2) is 0 Å². The van der Waals surface area contributed by atoms with Crippen LogP contribution in [-0.2, 0) is 6.42 Å². The highest BCUT2D eigenvalue weighted by Gasteiger charge is 2.25. The SMILES string of the molecule is O=C(NC1CCc2cc(Cl)ccc21)c1cc(Cl)ccc1O. The molecule has 1 aliphatic rings. The van der Waals surface area contributed by atoms with E-state index in [1.807, 2.05) is 18.2 Å². The van der Waals surface area contributed by atoms with Crippen molar-refractivity contribution in [2.75, 3.05) is 0 Å². The molecule has 1 amide bonds. The van der Waals surface area contributed by atoms with Crippen molar-refractivity contribution < 1.29 is 9.90 Å². The Bertz CT molecular complexity index is 715. The Morgan fingerprint density at radius 3 is 2.67 bits per heavy atom. The molecule has 2 N–H and O–H groups in total. The van der Waals surface area contributed by atoms with Gasteiger partial charge in [-0.05, 0) is 54.3 Å². The van der Waals surface area contributed by atoms with Gasteiger partial charge >= 0.3 is 0 Å². The van der Waals surface area contributed by atoms with Crippen molar-refractivity contribution in [1.29, 1.82) is 0 Å². The zero-order valence-electron chi connectivity index (χ0n) is 11.1. The fraction of sp³-hybridized carbons (Fsp3) is 0.188. The lowest BCUT2D eigenvalue weighted by Gasteiger charge is -2.15. The molecule has 3 rings (SSSR count). The largest absolute Gasteiger partial charge is 0.507 e. The van der Waals surface area contributed by atoms with Crippen LogP contribution in [0.3, 0.4) is 0 Å². The Morgan fingerprint density at radius 1 is 1.14 bits per heavy atom. The third-order valence-electron chi connectivity index (χ3n) is 3.69. The smallest absolute Gasteiger partial charge is 0.255 e. The molecule has 1 aliphatic carbocycles. The summed E-state index contributed by atoms with van der Waals surface area (Å²) in [7, 11) is 0. The van der Waals surface area contributed by atoms with Gasteiger partial charge in [0.2, 0.25) is 0 Å². The minimum absolute atomic E-state index is 0.0665. The number of amides is 1. The van der Waals surface area contributed by atoms with E-state index in [0.29, 0.717) is 10.0 Å². The van der Waals surface area contributed by atoms with Crippen LogP contribution in [0.25, 0.3) is 0 Å². The van der Waals surface area contributed by atoms with Crippen molar-refractivity contribution in [3.63, 3.8) is 0 Å². The zero-order chi connectivity index (χ0) is 15.0. The number of carbonyl (C=O) groups excluding carboxylic acids is 1. The first kappa shape index (κ1) is 14.2. The molecule has 0 saturated carbocycles. The van der Waals surface area contributed by atoms with E-state index in [1.165, 1.54) is 12.1 Å². The number of aromatic hydroxyl groups is 1. The second kappa shape index (κ2) is 5.58.